The molecule has 1 N–H and O–H groups in total. The van der Waals surface area contributed by atoms with Crippen LogP contribution in [0.3, 0.4) is 0 Å². The van der Waals surface area contributed by atoms with Gasteiger partial charge in [-0.1, -0.05) is 12.7 Å². The number of aldehydes is 1. The summed E-state index contributed by atoms with van der Waals surface area (Å²) in [5.74, 6) is 0.662. The summed E-state index contributed by atoms with van der Waals surface area (Å²) in [5, 5.41) is 1.21. The number of hydrogen-bond donors (Lipinski definition) is 1. The first-order valence-electron chi connectivity index (χ1n) is 9.99. The van der Waals surface area contributed by atoms with Gasteiger partial charge >= 0.3 is 0 Å². The zero-order valence-electron chi connectivity index (χ0n) is 15.8. The van der Waals surface area contributed by atoms with E-state index in [9.17, 15) is 4.79 Å². The summed E-state index contributed by atoms with van der Waals surface area (Å²) in [6.45, 7) is 5.82. The van der Waals surface area contributed by atoms with Crippen molar-refractivity contribution in [2.75, 3.05) is 18.5 Å². The first kappa shape index (κ1) is 17.8. The van der Waals surface area contributed by atoms with Gasteiger partial charge in [0.05, 0.1) is 6.04 Å². The van der Waals surface area contributed by atoms with Crippen molar-refractivity contribution >= 4 is 17.3 Å². The second kappa shape index (κ2) is 7.99. The van der Waals surface area contributed by atoms with E-state index in [-0.39, 0.29) is 5.92 Å². The predicted octanol–water partition coefficient (Wildman–Crippen LogP) is 3.83. The Balaban J connectivity index is 1.56. The Hall–Kier alpha value is -2.56. The third-order valence-corrected chi connectivity index (χ3v) is 5.91. The van der Waals surface area contributed by atoms with Crippen LogP contribution in [0.1, 0.15) is 43.6 Å². The van der Waals surface area contributed by atoms with Gasteiger partial charge in [0, 0.05) is 36.8 Å². The molecular weight excluding hydrogens is 336 g/mol. The number of nitrogens with one attached hydrogen (secondary N) is 1. The lowest BCUT2D eigenvalue weighted by Crippen LogP contribution is -2.42. The molecule has 3 heterocycles. The van der Waals surface area contributed by atoms with Crippen LogP contribution in [0, 0.1) is 5.92 Å². The Labute approximate surface area is 160 Å². The summed E-state index contributed by atoms with van der Waals surface area (Å²) in [6, 6.07) is 4.54. The average Bonchev–Trinajstić information content (AvgIpc) is 3.32. The molecule has 0 spiro atoms. The molecule has 3 atom stereocenters. The Morgan fingerprint density at radius 3 is 3.04 bits per heavy atom. The van der Waals surface area contributed by atoms with Gasteiger partial charge in [-0.3, -0.25) is 0 Å². The van der Waals surface area contributed by atoms with E-state index in [0.717, 1.165) is 50.7 Å². The molecule has 27 heavy (non-hydrogen) atoms. The molecule has 2 aliphatic rings. The van der Waals surface area contributed by atoms with Gasteiger partial charge in [0.2, 0.25) is 0 Å². The Morgan fingerprint density at radius 2 is 2.22 bits per heavy atom. The maximum Gasteiger partial charge on any atom is 0.158 e. The van der Waals surface area contributed by atoms with Crippen molar-refractivity contribution in [1.82, 2.24) is 14.6 Å². The van der Waals surface area contributed by atoms with E-state index in [4.69, 9.17) is 0 Å². The van der Waals surface area contributed by atoms with Crippen molar-refractivity contribution in [1.29, 1.82) is 0 Å². The SMILES string of the molecule is C=CC=CN1CCCC(Nn2cc(C3CC[C@@H](C=O)C3)c3cccnc32)C1. The molecule has 0 bridgehead atoms. The van der Waals surface area contributed by atoms with Gasteiger partial charge in [0.1, 0.15) is 6.29 Å². The molecule has 2 aromatic heterocycles. The smallest absolute Gasteiger partial charge is 0.158 e. The minimum absolute atomic E-state index is 0.210. The fourth-order valence-corrected chi connectivity index (χ4v) is 4.56. The molecule has 2 fully saturated rings. The van der Waals surface area contributed by atoms with E-state index in [1.165, 1.54) is 17.4 Å². The van der Waals surface area contributed by atoms with Crippen molar-refractivity contribution in [3.8, 4) is 0 Å². The van der Waals surface area contributed by atoms with Crippen molar-refractivity contribution in [2.24, 2.45) is 5.92 Å². The summed E-state index contributed by atoms with van der Waals surface area (Å²) in [5.41, 5.74) is 6.00. The third-order valence-electron chi connectivity index (χ3n) is 5.91. The van der Waals surface area contributed by atoms with Crippen LogP contribution in [0.5, 0.6) is 0 Å². The lowest BCUT2D eigenvalue weighted by Gasteiger charge is -2.33. The topological polar surface area (TPSA) is 50.2 Å². The van der Waals surface area contributed by atoms with Crippen molar-refractivity contribution in [2.45, 2.75) is 44.1 Å². The Bertz CT molecular complexity index is 840. The normalized spacial score (nSPS) is 25.9. The molecule has 5 nitrogen and oxygen atoms in total. The van der Waals surface area contributed by atoms with Crippen molar-refractivity contribution < 1.29 is 4.79 Å². The van der Waals surface area contributed by atoms with E-state index in [0.29, 0.717) is 12.0 Å². The number of carbonyl (C=O) groups is 1. The maximum atomic E-state index is 11.2. The van der Waals surface area contributed by atoms with E-state index < -0.39 is 0 Å². The summed E-state index contributed by atoms with van der Waals surface area (Å²) in [7, 11) is 0. The van der Waals surface area contributed by atoms with Crippen LogP contribution in [0.15, 0.2) is 49.5 Å². The standard InChI is InChI=1S/C22H28N4O/c1-2-3-11-25-12-5-6-19(14-25)24-26-15-21(18-9-8-17(13-18)16-27)20-7-4-10-23-22(20)26/h2-4,7,10-11,15-19,24H,1,5-6,8-9,12-14H2/t17-,18?,19?/m1/s1. The third kappa shape index (κ3) is 3.77. The largest absolute Gasteiger partial charge is 0.375 e. The molecular formula is C22H28N4O. The Morgan fingerprint density at radius 1 is 1.30 bits per heavy atom. The van der Waals surface area contributed by atoms with Gasteiger partial charge in [-0.15, -0.1) is 0 Å². The van der Waals surface area contributed by atoms with Gasteiger partial charge in [-0.05, 0) is 68.0 Å². The van der Waals surface area contributed by atoms with Crippen LogP contribution in [0.2, 0.25) is 0 Å². The van der Waals surface area contributed by atoms with Gasteiger partial charge in [0.15, 0.2) is 5.65 Å². The van der Waals surface area contributed by atoms with Crippen LogP contribution in [-0.4, -0.2) is 40.0 Å². The monoisotopic (exact) mass is 364 g/mol. The van der Waals surface area contributed by atoms with Gasteiger partial charge < -0.3 is 15.1 Å². The second-order valence-electron chi connectivity index (χ2n) is 7.78. The molecule has 1 aliphatic carbocycles. The lowest BCUT2D eigenvalue weighted by molar-refractivity contribution is -0.110. The maximum absolute atomic E-state index is 11.2. The molecule has 142 valence electrons. The molecule has 4 rings (SSSR count). The van der Waals surface area contributed by atoms with Crippen molar-refractivity contribution in [3.05, 3.63) is 55.0 Å². The summed E-state index contributed by atoms with van der Waals surface area (Å²) in [6.07, 6.45) is 16.5. The molecule has 1 saturated carbocycles. The molecule has 0 amide bonds. The highest BCUT2D eigenvalue weighted by atomic mass is 16.1. The van der Waals surface area contributed by atoms with Gasteiger partial charge in [-0.2, -0.15) is 0 Å². The molecule has 1 saturated heterocycles. The van der Waals surface area contributed by atoms with Crippen LogP contribution in [0.25, 0.3) is 11.0 Å². The molecule has 5 heteroatoms. The number of pyridine rings is 1. The number of allylic oxidation sites excluding steroid dienone is 2. The molecule has 1 aliphatic heterocycles. The fourth-order valence-electron chi connectivity index (χ4n) is 4.56. The van der Waals surface area contributed by atoms with Gasteiger partial charge in [-0.25, -0.2) is 9.66 Å². The zero-order chi connectivity index (χ0) is 18.6. The lowest BCUT2D eigenvalue weighted by atomic mass is 9.97. The Kier molecular flexibility index (Phi) is 5.28. The molecule has 0 aromatic carbocycles. The first-order chi connectivity index (χ1) is 13.3. The minimum Gasteiger partial charge on any atom is -0.375 e. The first-order valence-corrected chi connectivity index (χ1v) is 9.99. The van der Waals surface area contributed by atoms with Crippen LogP contribution in [-0.2, 0) is 4.79 Å². The highest BCUT2D eigenvalue weighted by molar-refractivity contribution is 5.81. The number of likely N-dealkylation sites (tertiary alicyclic amines) is 1. The number of piperidine rings is 1. The highest BCUT2D eigenvalue weighted by Crippen LogP contribution is 2.40. The summed E-state index contributed by atoms with van der Waals surface area (Å²) >= 11 is 0. The van der Waals surface area contributed by atoms with E-state index in [1.807, 2.05) is 24.4 Å². The molecule has 0 radical (unpaired) electrons. The minimum atomic E-state index is 0.210. The number of fused-ring (bicyclic) bond motifs is 1. The number of hydrogen-bond acceptors (Lipinski definition) is 4. The average molecular weight is 364 g/mol. The number of rotatable bonds is 6. The van der Waals surface area contributed by atoms with Crippen molar-refractivity contribution in [3.63, 3.8) is 0 Å². The number of nitrogens with zero attached hydrogens (tertiary/aromatic N) is 3. The quantitative estimate of drug-likeness (QED) is 0.625. The van der Waals surface area contributed by atoms with Crippen LogP contribution >= 0.6 is 0 Å². The highest BCUT2D eigenvalue weighted by Gasteiger charge is 2.28. The second-order valence-corrected chi connectivity index (χ2v) is 7.78. The van der Waals surface area contributed by atoms with Crippen LogP contribution in [0.4, 0.5) is 0 Å². The molecule has 2 aromatic rings. The molecule has 2 unspecified atom stereocenters. The van der Waals surface area contributed by atoms with E-state index >= 15 is 0 Å². The zero-order valence-corrected chi connectivity index (χ0v) is 15.8. The number of carbonyl (C=O) groups excluding carboxylic acids is 1. The van der Waals surface area contributed by atoms with E-state index in [2.05, 4.69) is 45.0 Å². The fraction of sp³-hybridized carbons (Fsp3) is 0.455. The van der Waals surface area contributed by atoms with E-state index in [1.54, 1.807) is 0 Å². The van der Waals surface area contributed by atoms with Gasteiger partial charge in [0.25, 0.3) is 0 Å². The summed E-state index contributed by atoms with van der Waals surface area (Å²) < 4.78 is 2.12. The number of aromatic nitrogens is 2. The predicted molar refractivity (Wildman–Crippen MR) is 109 cm³/mol. The summed E-state index contributed by atoms with van der Waals surface area (Å²) in [4.78, 5) is 18.2. The van der Waals surface area contributed by atoms with Crippen LogP contribution < -0.4 is 5.43 Å².